The summed E-state index contributed by atoms with van der Waals surface area (Å²) in [6, 6.07) is 12.4. The number of carbonyl (C=O) groups is 1. The molecule has 0 unspecified atom stereocenters. The first-order chi connectivity index (χ1) is 13.6. The average Bonchev–Trinajstić information content (AvgIpc) is 2.74. The highest BCUT2D eigenvalue weighted by Crippen LogP contribution is 2.32. The zero-order valence-electron chi connectivity index (χ0n) is 16.2. The molecule has 7 nitrogen and oxygen atoms in total. The number of amides is 1. The van der Waals surface area contributed by atoms with E-state index in [2.05, 4.69) is 5.32 Å². The molecule has 28 heavy (non-hydrogen) atoms. The van der Waals surface area contributed by atoms with E-state index >= 15 is 0 Å². The van der Waals surface area contributed by atoms with Crippen LogP contribution < -0.4 is 24.3 Å². The fourth-order valence-corrected chi connectivity index (χ4v) is 2.60. The van der Waals surface area contributed by atoms with E-state index in [-0.39, 0.29) is 12.1 Å². The summed E-state index contributed by atoms with van der Waals surface area (Å²) in [7, 11) is 6.12. The molecule has 0 atom stereocenters. The van der Waals surface area contributed by atoms with Gasteiger partial charge in [-0.1, -0.05) is 12.1 Å². The second-order valence-corrected chi connectivity index (χ2v) is 5.61. The molecule has 2 aromatic rings. The standard InChI is InChI=1S/C21H22N2O5/c1-25-17-9-8-15(19(11-17)27-3)13-23-21(24)16(12-22)10-14-6-5-7-18(26-2)20(14)28-4/h5-11H,13H2,1-4H3,(H,23,24)/b16-10+. The quantitative estimate of drug-likeness (QED) is 0.558. The Morgan fingerprint density at radius 3 is 2.39 bits per heavy atom. The molecule has 0 saturated carbocycles. The molecule has 0 fully saturated rings. The van der Waals surface area contributed by atoms with Gasteiger partial charge >= 0.3 is 0 Å². The topological polar surface area (TPSA) is 89.8 Å². The number of benzene rings is 2. The molecule has 1 amide bonds. The van der Waals surface area contributed by atoms with Gasteiger partial charge in [0.15, 0.2) is 11.5 Å². The predicted molar refractivity (Wildman–Crippen MR) is 105 cm³/mol. The van der Waals surface area contributed by atoms with E-state index in [1.807, 2.05) is 6.07 Å². The normalized spacial score (nSPS) is 10.6. The second kappa shape index (κ2) is 9.88. The van der Waals surface area contributed by atoms with Crippen molar-refractivity contribution in [3.05, 3.63) is 53.1 Å². The Kier molecular flexibility index (Phi) is 7.28. The molecule has 2 aromatic carbocycles. The summed E-state index contributed by atoms with van der Waals surface area (Å²) < 4.78 is 21.1. The smallest absolute Gasteiger partial charge is 0.262 e. The SMILES string of the molecule is COc1ccc(CNC(=O)/C(C#N)=C/c2cccc(OC)c2OC)c(OC)c1. The van der Waals surface area contributed by atoms with Crippen LogP contribution in [0.3, 0.4) is 0 Å². The maximum atomic E-state index is 12.5. The van der Waals surface area contributed by atoms with Crippen molar-refractivity contribution in [3.63, 3.8) is 0 Å². The van der Waals surface area contributed by atoms with Gasteiger partial charge in [-0.3, -0.25) is 4.79 Å². The molecule has 7 heteroatoms. The van der Waals surface area contributed by atoms with Gasteiger partial charge in [0.1, 0.15) is 23.1 Å². The minimum atomic E-state index is -0.509. The van der Waals surface area contributed by atoms with Gasteiger partial charge in [-0.25, -0.2) is 0 Å². The van der Waals surface area contributed by atoms with Crippen LogP contribution in [0.5, 0.6) is 23.0 Å². The average molecular weight is 382 g/mol. The zero-order valence-corrected chi connectivity index (χ0v) is 16.2. The van der Waals surface area contributed by atoms with Crippen LogP contribution in [0.15, 0.2) is 42.0 Å². The van der Waals surface area contributed by atoms with Crippen molar-refractivity contribution < 1.29 is 23.7 Å². The number of nitrogens with zero attached hydrogens (tertiary/aromatic N) is 1. The van der Waals surface area contributed by atoms with Crippen LogP contribution in [0.1, 0.15) is 11.1 Å². The highest BCUT2D eigenvalue weighted by atomic mass is 16.5. The van der Waals surface area contributed by atoms with E-state index in [0.717, 1.165) is 5.56 Å². The minimum Gasteiger partial charge on any atom is -0.497 e. The van der Waals surface area contributed by atoms with E-state index in [1.54, 1.807) is 43.5 Å². The lowest BCUT2D eigenvalue weighted by Gasteiger charge is -2.12. The number of ether oxygens (including phenoxy) is 4. The Labute approximate surface area is 164 Å². The van der Waals surface area contributed by atoms with E-state index in [4.69, 9.17) is 18.9 Å². The first-order valence-electron chi connectivity index (χ1n) is 8.39. The monoisotopic (exact) mass is 382 g/mol. The van der Waals surface area contributed by atoms with Crippen molar-refractivity contribution >= 4 is 12.0 Å². The maximum absolute atomic E-state index is 12.5. The van der Waals surface area contributed by atoms with Gasteiger partial charge in [-0.2, -0.15) is 5.26 Å². The van der Waals surface area contributed by atoms with Crippen molar-refractivity contribution in [2.45, 2.75) is 6.54 Å². The van der Waals surface area contributed by atoms with Gasteiger partial charge < -0.3 is 24.3 Å². The minimum absolute atomic E-state index is 0.0565. The molecule has 0 spiro atoms. The molecule has 0 heterocycles. The largest absolute Gasteiger partial charge is 0.497 e. The molecule has 0 aliphatic rings. The van der Waals surface area contributed by atoms with E-state index < -0.39 is 5.91 Å². The summed E-state index contributed by atoms with van der Waals surface area (Å²) in [6.07, 6.45) is 1.46. The number of para-hydroxylation sites is 1. The highest BCUT2D eigenvalue weighted by molar-refractivity contribution is 6.02. The summed E-state index contributed by atoms with van der Waals surface area (Å²) >= 11 is 0. The van der Waals surface area contributed by atoms with Crippen LogP contribution >= 0.6 is 0 Å². The molecule has 2 rings (SSSR count). The van der Waals surface area contributed by atoms with Gasteiger partial charge in [0.05, 0.1) is 28.4 Å². The molecular formula is C21H22N2O5. The van der Waals surface area contributed by atoms with Crippen molar-refractivity contribution in [2.75, 3.05) is 28.4 Å². The van der Waals surface area contributed by atoms with Crippen LogP contribution in [-0.2, 0) is 11.3 Å². The molecule has 0 aromatic heterocycles. The lowest BCUT2D eigenvalue weighted by molar-refractivity contribution is -0.117. The van der Waals surface area contributed by atoms with Crippen LogP contribution in [0.25, 0.3) is 6.08 Å². The maximum Gasteiger partial charge on any atom is 0.262 e. The Bertz CT molecular complexity index is 915. The molecule has 1 N–H and O–H groups in total. The zero-order chi connectivity index (χ0) is 20.5. The lowest BCUT2D eigenvalue weighted by Crippen LogP contribution is -2.24. The summed E-state index contributed by atoms with van der Waals surface area (Å²) in [5, 5.41) is 12.1. The van der Waals surface area contributed by atoms with E-state index in [1.165, 1.54) is 27.4 Å². The summed E-state index contributed by atoms with van der Waals surface area (Å²) in [5.41, 5.74) is 1.27. The first kappa shape index (κ1) is 20.6. The van der Waals surface area contributed by atoms with Gasteiger partial charge in [0, 0.05) is 23.7 Å². The summed E-state index contributed by atoms with van der Waals surface area (Å²) in [5.74, 6) is 1.68. The molecule has 0 aliphatic carbocycles. The van der Waals surface area contributed by atoms with E-state index in [9.17, 15) is 10.1 Å². The van der Waals surface area contributed by atoms with Gasteiger partial charge in [-0.15, -0.1) is 0 Å². The second-order valence-electron chi connectivity index (χ2n) is 5.61. The molecule has 0 saturated heterocycles. The third kappa shape index (κ3) is 4.74. The van der Waals surface area contributed by atoms with Gasteiger partial charge in [-0.05, 0) is 24.3 Å². The molecular weight excluding hydrogens is 360 g/mol. The number of methoxy groups -OCH3 is 4. The van der Waals surface area contributed by atoms with Crippen LogP contribution in [0, 0.1) is 11.3 Å². The van der Waals surface area contributed by atoms with Crippen LogP contribution in [0.4, 0.5) is 0 Å². The Morgan fingerprint density at radius 2 is 1.79 bits per heavy atom. The fraction of sp³-hybridized carbons (Fsp3) is 0.238. The summed E-state index contributed by atoms with van der Waals surface area (Å²) in [6.45, 7) is 0.195. The van der Waals surface area contributed by atoms with Gasteiger partial charge in [0.2, 0.25) is 0 Å². The third-order valence-electron chi connectivity index (χ3n) is 4.03. The number of carbonyl (C=O) groups excluding carboxylic acids is 1. The number of hydrogen-bond acceptors (Lipinski definition) is 6. The first-order valence-corrected chi connectivity index (χ1v) is 8.39. The molecule has 0 bridgehead atoms. The fourth-order valence-electron chi connectivity index (χ4n) is 2.60. The van der Waals surface area contributed by atoms with Crippen molar-refractivity contribution in [1.29, 1.82) is 5.26 Å². The van der Waals surface area contributed by atoms with Crippen molar-refractivity contribution in [2.24, 2.45) is 0 Å². The van der Waals surface area contributed by atoms with Crippen LogP contribution in [-0.4, -0.2) is 34.3 Å². The number of hydrogen-bond donors (Lipinski definition) is 1. The van der Waals surface area contributed by atoms with E-state index in [0.29, 0.717) is 28.6 Å². The van der Waals surface area contributed by atoms with Gasteiger partial charge in [0.25, 0.3) is 5.91 Å². The lowest BCUT2D eigenvalue weighted by atomic mass is 10.1. The number of nitriles is 1. The van der Waals surface area contributed by atoms with Crippen molar-refractivity contribution in [3.8, 4) is 29.1 Å². The number of nitrogens with one attached hydrogen (secondary N) is 1. The van der Waals surface area contributed by atoms with Crippen molar-refractivity contribution in [1.82, 2.24) is 5.32 Å². The Morgan fingerprint density at radius 1 is 1.04 bits per heavy atom. The molecule has 0 radical (unpaired) electrons. The Hall–Kier alpha value is -3.66. The number of rotatable bonds is 8. The molecule has 146 valence electrons. The van der Waals surface area contributed by atoms with Crippen LogP contribution in [0.2, 0.25) is 0 Å². The molecule has 0 aliphatic heterocycles. The predicted octanol–water partition coefficient (Wildman–Crippen LogP) is 2.94. The highest BCUT2D eigenvalue weighted by Gasteiger charge is 2.14. The summed E-state index contributed by atoms with van der Waals surface area (Å²) in [4.78, 5) is 12.5. The third-order valence-corrected chi connectivity index (χ3v) is 4.03. The Balaban J connectivity index is 2.21.